The van der Waals surface area contributed by atoms with Crippen LogP contribution in [0.5, 0.6) is 5.75 Å². The Bertz CT molecular complexity index is 1120. The van der Waals surface area contributed by atoms with Gasteiger partial charge in [-0.15, -0.1) is 23.1 Å². The Labute approximate surface area is 190 Å². The summed E-state index contributed by atoms with van der Waals surface area (Å²) in [6.45, 7) is 7.89. The largest absolute Gasteiger partial charge is 0.494 e. The highest BCUT2D eigenvalue weighted by Gasteiger charge is 2.22. The molecule has 0 saturated carbocycles. The van der Waals surface area contributed by atoms with Gasteiger partial charge in [-0.1, -0.05) is 12.1 Å². The number of ether oxygens (including phenoxy) is 2. The number of fused-ring (bicyclic) bond motifs is 1. The molecule has 8 heteroatoms. The lowest BCUT2D eigenvalue weighted by atomic mass is 10.1. The molecule has 0 atom stereocenters. The molecule has 0 unspecified atom stereocenters. The van der Waals surface area contributed by atoms with E-state index in [1.165, 1.54) is 23.1 Å². The summed E-state index contributed by atoms with van der Waals surface area (Å²) < 4.78 is 10.6. The van der Waals surface area contributed by atoms with Gasteiger partial charge in [-0.2, -0.15) is 0 Å². The minimum atomic E-state index is -0.404. The molecule has 1 amide bonds. The lowest BCUT2D eigenvalue weighted by Gasteiger charge is -2.10. The first-order chi connectivity index (χ1) is 14.8. The summed E-state index contributed by atoms with van der Waals surface area (Å²) in [5.41, 5.74) is 3.22. The summed E-state index contributed by atoms with van der Waals surface area (Å²) in [7, 11) is 1.63. The van der Waals surface area contributed by atoms with Crippen molar-refractivity contribution in [2.45, 2.75) is 39.1 Å². The summed E-state index contributed by atoms with van der Waals surface area (Å²) in [4.78, 5) is 30.5. The fourth-order valence-corrected chi connectivity index (χ4v) is 5.18. The zero-order chi connectivity index (χ0) is 22.5. The Hall–Kier alpha value is -2.58. The number of carbonyl (C=O) groups is 2. The van der Waals surface area contributed by atoms with Gasteiger partial charge in [-0.05, 0) is 51.0 Å². The summed E-state index contributed by atoms with van der Waals surface area (Å²) in [5.74, 6) is 0.751. The van der Waals surface area contributed by atoms with Crippen molar-refractivity contribution >= 4 is 50.9 Å². The average molecular weight is 459 g/mol. The number of rotatable bonds is 8. The minimum absolute atomic E-state index is 0.144. The number of nitrogens with zero attached hydrogens (tertiary/aromatic N) is 1. The van der Waals surface area contributed by atoms with E-state index < -0.39 is 5.97 Å². The van der Waals surface area contributed by atoms with E-state index in [1.807, 2.05) is 45.0 Å². The van der Waals surface area contributed by atoms with Crippen LogP contribution in [0.1, 0.15) is 39.7 Å². The first-order valence-corrected chi connectivity index (χ1v) is 11.8. The van der Waals surface area contributed by atoms with E-state index in [9.17, 15) is 9.59 Å². The van der Waals surface area contributed by atoms with E-state index in [0.29, 0.717) is 29.3 Å². The van der Waals surface area contributed by atoms with E-state index >= 15 is 0 Å². The first kappa shape index (κ1) is 23.1. The van der Waals surface area contributed by atoms with Crippen molar-refractivity contribution in [1.82, 2.24) is 4.98 Å². The topological polar surface area (TPSA) is 77.5 Å². The fourth-order valence-electron chi connectivity index (χ4n) is 3.20. The molecule has 31 heavy (non-hydrogen) atoms. The van der Waals surface area contributed by atoms with Crippen LogP contribution in [-0.4, -0.2) is 36.3 Å². The zero-order valence-corrected chi connectivity index (χ0v) is 20.0. The molecule has 2 aromatic heterocycles. The molecular weight excluding hydrogens is 432 g/mol. The molecule has 164 valence electrons. The summed E-state index contributed by atoms with van der Waals surface area (Å²) in [6, 6.07) is 7.89. The number of carbonyl (C=O) groups excluding carboxylic acids is 2. The zero-order valence-electron chi connectivity index (χ0n) is 18.3. The number of methoxy groups -OCH3 is 1. The second-order valence-electron chi connectivity index (χ2n) is 6.99. The number of thiophene rings is 1. The van der Waals surface area contributed by atoms with Crippen LogP contribution in [0.2, 0.25) is 0 Å². The fraction of sp³-hybridized carbons (Fsp3) is 0.348. The molecule has 0 spiro atoms. The van der Waals surface area contributed by atoms with Gasteiger partial charge in [0, 0.05) is 22.4 Å². The van der Waals surface area contributed by atoms with Gasteiger partial charge in [-0.25, -0.2) is 9.78 Å². The Kier molecular flexibility index (Phi) is 7.56. The third-order valence-electron chi connectivity index (χ3n) is 4.90. The minimum Gasteiger partial charge on any atom is -0.494 e. The second-order valence-corrected chi connectivity index (χ2v) is 9.33. The number of para-hydroxylation sites is 1. The smallest absolute Gasteiger partial charge is 0.341 e. The highest BCUT2D eigenvalue weighted by Crippen LogP contribution is 2.33. The van der Waals surface area contributed by atoms with Crippen LogP contribution >= 0.6 is 23.1 Å². The molecule has 0 radical (unpaired) electrons. The average Bonchev–Trinajstić information content (AvgIpc) is 3.01. The number of anilines is 1. The maximum absolute atomic E-state index is 12.5. The van der Waals surface area contributed by atoms with E-state index in [2.05, 4.69) is 5.32 Å². The Morgan fingerprint density at radius 3 is 2.71 bits per heavy atom. The lowest BCUT2D eigenvalue weighted by Crippen LogP contribution is -2.15. The van der Waals surface area contributed by atoms with Gasteiger partial charge in [-0.3, -0.25) is 4.79 Å². The number of esters is 1. The van der Waals surface area contributed by atoms with Gasteiger partial charge in [0.1, 0.15) is 16.3 Å². The third-order valence-corrected chi connectivity index (χ3v) is 6.94. The van der Waals surface area contributed by atoms with Crippen LogP contribution < -0.4 is 10.1 Å². The summed E-state index contributed by atoms with van der Waals surface area (Å²) >= 11 is 2.91. The molecular formula is C23H26N2O4S2. The number of aromatic nitrogens is 1. The van der Waals surface area contributed by atoms with E-state index in [-0.39, 0.29) is 5.91 Å². The number of benzene rings is 1. The molecule has 0 aliphatic heterocycles. The molecule has 6 nitrogen and oxygen atoms in total. The number of hydrogen-bond donors (Lipinski definition) is 1. The first-order valence-electron chi connectivity index (χ1n) is 9.99. The molecule has 2 heterocycles. The SMILES string of the molecule is CCOC(=O)c1c(NC(=O)CCSc2cc(C)c3cccc(OC)c3n2)sc(C)c1C. The van der Waals surface area contributed by atoms with Gasteiger partial charge < -0.3 is 14.8 Å². The maximum Gasteiger partial charge on any atom is 0.341 e. The van der Waals surface area contributed by atoms with E-state index in [0.717, 1.165) is 37.7 Å². The molecule has 0 aliphatic carbocycles. The van der Waals surface area contributed by atoms with Crippen molar-refractivity contribution in [3.05, 3.63) is 45.8 Å². The van der Waals surface area contributed by atoms with Crippen LogP contribution in [0.15, 0.2) is 29.3 Å². The number of thioether (sulfide) groups is 1. The standard InChI is InChI=1S/C23H26N2O4S2/c1-6-29-23(27)20-14(3)15(4)31-22(20)24-18(26)10-11-30-19-12-13(2)16-8-7-9-17(28-5)21(16)25-19/h7-9,12H,6,10-11H2,1-5H3,(H,24,26). The number of aryl methyl sites for hydroxylation is 2. The van der Waals surface area contributed by atoms with Crippen molar-refractivity contribution in [2.24, 2.45) is 0 Å². The number of hydrogen-bond acceptors (Lipinski definition) is 7. The normalized spacial score (nSPS) is 10.9. The monoisotopic (exact) mass is 458 g/mol. The van der Waals surface area contributed by atoms with E-state index in [4.69, 9.17) is 14.5 Å². The summed E-state index contributed by atoms with van der Waals surface area (Å²) in [6.07, 6.45) is 0.299. The van der Waals surface area contributed by atoms with E-state index in [1.54, 1.807) is 14.0 Å². The van der Waals surface area contributed by atoms with Gasteiger partial charge in [0.2, 0.25) is 5.91 Å². The van der Waals surface area contributed by atoms with Crippen LogP contribution in [-0.2, 0) is 9.53 Å². The van der Waals surface area contributed by atoms with Crippen LogP contribution in [0, 0.1) is 20.8 Å². The maximum atomic E-state index is 12.5. The van der Waals surface area contributed by atoms with Crippen LogP contribution in [0.25, 0.3) is 10.9 Å². The quantitative estimate of drug-likeness (QED) is 0.353. The predicted molar refractivity (Wildman–Crippen MR) is 127 cm³/mol. The van der Waals surface area contributed by atoms with Crippen LogP contribution in [0.3, 0.4) is 0 Å². The van der Waals surface area contributed by atoms with Gasteiger partial charge in [0.25, 0.3) is 0 Å². The molecule has 3 rings (SSSR count). The Balaban J connectivity index is 1.66. The van der Waals surface area contributed by atoms with Gasteiger partial charge in [0.05, 0.1) is 24.3 Å². The number of pyridine rings is 1. The van der Waals surface area contributed by atoms with Crippen molar-refractivity contribution < 1.29 is 19.1 Å². The molecule has 0 bridgehead atoms. The number of nitrogens with one attached hydrogen (secondary N) is 1. The molecule has 1 N–H and O–H groups in total. The molecule has 3 aromatic rings. The third kappa shape index (κ3) is 5.19. The predicted octanol–water partition coefficient (Wildman–Crippen LogP) is 5.53. The van der Waals surface area contributed by atoms with Crippen LogP contribution in [0.4, 0.5) is 5.00 Å². The van der Waals surface area contributed by atoms with Crippen molar-refractivity contribution in [2.75, 3.05) is 24.8 Å². The number of amides is 1. The van der Waals surface area contributed by atoms with Gasteiger partial charge in [0.15, 0.2) is 0 Å². The highest BCUT2D eigenvalue weighted by molar-refractivity contribution is 7.99. The summed E-state index contributed by atoms with van der Waals surface area (Å²) in [5, 5.41) is 5.33. The second kappa shape index (κ2) is 10.2. The van der Waals surface area contributed by atoms with Crippen molar-refractivity contribution in [1.29, 1.82) is 0 Å². The molecule has 0 aliphatic rings. The lowest BCUT2D eigenvalue weighted by molar-refractivity contribution is -0.115. The molecule has 0 saturated heterocycles. The van der Waals surface area contributed by atoms with Crippen molar-refractivity contribution in [3.63, 3.8) is 0 Å². The van der Waals surface area contributed by atoms with Gasteiger partial charge >= 0.3 is 5.97 Å². The Morgan fingerprint density at radius 1 is 1.23 bits per heavy atom. The van der Waals surface area contributed by atoms with Crippen molar-refractivity contribution in [3.8, 4) is 5.75 Å². The highest BCUT2D eigenvalue weighted by atomic mass is 32.2. The molecule has 1 aromatic carbocycles. The Morgan fingerprint density at radius 2 is 2.00 bits per heavy atom. The molecule has 0 fully saturated rings.